The number of nitrogens with one attached hydrogen (secondary N) is 1. The Bertz CT molecular complexity index is 1160. The number of anilines is 1. The number of fused-ring (bicyclic) bond motifs is 1. The van der Waals surface area contributed by atoms with E-state index in [4.69, 9.17) is 4.74 Å². The standard InChI is InChI=1S/C22H27FN4O5S/c1-22(2,3)18(19(28)24-4)26(5)21(29)14-12-17-20(25-13-14)32-11-10-27(17)33(30,31)16-8-6-15(23)7-9-16/h6-9,12-13,18H,10-11H2,1-5H3,(H,24,28). The molecule has 1 N–H and O–H groups in total. The molecule has 2 heterocycles. The van der Waals surface area contributed by atoms with Crippen molar-refractivity contribution in [3.8, 4) is 5.88 Å². The molecule has 11 heteroatoms. The van der Waals surface area contributed by atoms with E-state index in [1.807, 2.05) is 20.8 Å². The molecule has 33 heavy (non-hydrogen) atoms. The lowest BCUT2D eigenvalue weighted by atomic mass is 9.85. The second-order valence-corrected chi connectivity index (χ2v) is 10.6. The number of likely N-dealkylation sites (N-methyl/N-ethyl adjacent to an activating group) is 2. The fourth-order valence-corrected chi connectivity index (χ4v) is 5.22. The van der Waals surface area contributed by atoms with E-state index in [-0.39, 0.29) is 41.1 Å². The lowest BCUT2D eigenvalue weighted by molar-refractivity contribution is -0.128. The number of carbonyl (C=O) groups excluding carboxylic acids is 2. The molecule has 1 aromatic carbocycles. The van der Waals surface area contributed by atoms with E-state index in [2.05, 4.69) is 10.3 Å². The van der Waals surface area contributed by atoms with E-state index in [0.29, 0.717) is 0 Å². The molecule has 2 aromatic rings. The van der Waals surface area contributed by atoms with Crippen molar-refractivity contribution in [3.05, 3.63) is 47.9 Å². The van der Waals surface area contributed by atoms with Crippen LogP contribution in [-0.4, -0.2) is 63.4 Å². The lowest BCUT2D eigenvalue weighted by Crippen LogP contribution is -2.53. The van der Waals surface area contributed by atoms with E-state index < -0.39 is 33.2 Å². The van der Waals surface area contributed by atoms with Gasteiger partial charge in [0.25, 0.3) is 15.9 Å². The van der Waals surface area contributed by atoms with Gasteiger partial charge in [-0.15, -0.1) is 0 Å². The maximum atomic E-state index is 13.3. The summed E-state index contributed by atoms with van der Waals surface area (Å²) in [5, 5.41) is 2.58. The zero-order valence-electron chi connectivity index (χ0n) is 19.1. The van der Waals surface area contributed by atoms with Gasteiger partial charge in [-0.1, -0.05) is 20.8 Å². The Hall–Kier alpha value is -3.21. The number of pyridine rings is 1. The first-order valence-electron chi connectivity index (χ1n) is 10.3. The smallest absolute Gasteiger partial charge is 0.264 e. The van der Waals surface area contributed by atoms with Gasteiger partial charge in [0.1, 0.15) is 24.2 Å². The highest BCUT2D eigenvalue weighted by molar-refractivity contribution is 7.92. The average molecular weight is 479 g/mol. The molecule has 1 atom stereocenters. The number of ether oxygens (including phenoxy) is 1. The van der Waals surface area contributed by atoms with E-state index >= 15 is 0 Å². The van der Waals surface area contributed by atoms with Crippen molar-refractivity contribution in [1.29, 1.82) is 0 Å². The van der Waals surface area contributed by atoms with Crippen molar-refractivity contribution in [3.63, 3.8) is 0 Å². The first kappa shape index (κ1) is 24.4. The van der Waals surface area contributed by atoms with Crippen molar-refractivity contribution < 1.29 is 27.1 Å². The number of aromatic nitrogens is 1. The summed E-state index contributed by atoms with van der Waals surface area (Å²) in [6, 6.07) is 5.08. The number of sulfonamides is 1. The van der Waals surface area contributed by atoms with Gasteiger partial charge in [0, 0.05) is 20.3 Å². The van der Waals surface area contributed by atoms with Gasteiger partial charge in [0.2, 0.25) is 11.8 Å². The molecule has 1 aromatic heterocycles. The number of benzene rings is 1. The Kier molecular flexibility index (Phi) is 6.64. The molecular weight excluding hydrogens is 451 g/mol. The molecule has 1 aliphatic rings. The van der Waals surface area contributed by atoms with Gasteiger partial charge in [-0.05, 0) is 35.7 Å². The third-order valence-corrected chi connectivity index (χ3v) is 7.13. The molecule has 0 fully saturated rings. The summed E-state index contributed by atoms with van der Waals surface area (Å²) < 4.78 is 46.3. The van der Waals surface area contributed by atoms with Crippen LogP contribution in [0, 0.1) is 11.2 Å². The van der Waals surface area contributed by atoms with Crippen molar-refractivity contribution in [1.82, 2.24) is 15.2 Å². The lowest BCUT2D eigenvalue weighted by Gasteiger charge is -2.36. The largest absolute Gasteiger partial charge is 0.474 e. The van der Waals surface area contributed by atoms with Gasteiger partial charge in [-0.25, -0.2) is 17.8 Å². The first-order valence-corrected chi connectivity index (χ1v) is 11.7. The van der Waals surface area contributed by atoms with Crippen LogP contribution in [0.2, 0.25) is 0 Å². The Morgan fingerprint density at radius 3 is 2.45 bits per heavy atom. The highest BCUT2D eigenvalue weighted by Gasteiger charge is 2.38. The summed E-state index contributed by atoms with van der Waals surface area (Å²) in [6.45, 7) is 5.58. The molecule has 0 spiro atoms. The molecule has 0 saturated heterocycles. The average Bonchev–Trinajstić information content (AvgIpc) is 2.77. The summed E-state index contributed by atoms with van der Waals surface area (Å²) in [4.78, 5) is 31.1. The monoisotopic (exact) mass is 478 g/mol. The highest BCUT2D eigenvalue weighted by atomic mass is 32.2. The Balaban J connectivity index is 2.01. The number of halogens is 1. The number of nitrogens with zero attached hydrogens (tertiary/aromatic N) is 3. The van der Waals surface area contributed by atoms with Gasteiger partial charge in [0.15, 0.2) is 0 Å². The fourth-order valence-electron chi connectivity index (χ4n) is 3.78. The number of hydrogen-bond donors (Lipinski definition) is 1. The van der Waals surface area contributed by atoms with Gasteiger partial charge < -0.3 is 15.0 Å². The fraction of sp³-hybridized carbons (Fsp3) is 0.409. The Labute approximate surface area is 192 Å². The second-order valence-electron chi connectivity index (χ2n) is 8.73. The molecule has 0 saturated carbocycles. The number of rotatable bonds is 5. The highest BCUT2D eigenvalue weighted by Crippen LogP contribution is 2.35. The van der Waals surface area contributed by atoms with Gasteiger partial charge >= 0.3 is 0 Å². The summed E-state index contributed by atoms with van der Waals surface area (Å²) in [5.74, 6) is -1.32. The van der Waals surface area contributed by atoms with E-state index in [1.54, 1.807) is 0 Å². The minimum absolute atomic E-state index is 0.00920. The molecule has 9 nitrogen and oxygen atoms in total. The van der Waals surface area contributed by atoms with Crippen molar-refractivity contribution in [2.75, 3.05) is 31.6 Å². The number of hydrogen-bond acceptors (Lipinski definition) is 6. The maximum Gasteiger partial charge on any atom is 0.264 e. The van der Waals surface area contributed by atoms with Crippen LogP contribution in [-0.2, 0) is 14.8 Å². The normalized spacial score (nSPS) is 14.7. The molecule has 2 amide bonds. The first-order chi connectivity index (χ1) is 15.4. The minimum Gasteiger partial charge on any atom is -0.474 e. The Morgan fingerprint density at radius 1 is 1.24 bits per heavy atom. The summed E-state index contributed by atoms with van der Waals surface area (Å²) in [5.41, 5.74) is -0.371. The minimum atomic E-state index is -4.05. The van der Waals surface area contributed by atoms with Crippen LogP contribution in [0.5, 0.6) is 5.88 Å². The van der Waals surface area contributed by atoms with Crippen LogP contribution in [0.1, 0.15) is 31.1 Å². The van der Waals surface area contributed by atoms with E-state index in [1.165, 1.54) is 43.4 Å². The van der Waals surface area contributed by atoms with Crippen LogP contribution in [0.25, 0.3) is 0 Å². The second kappa shape index (κ2) is 8.97. The van der Waals surface area contributed by atoms with Gasteiger partial charge in [-0.2, -0.15) is 0 Å². The number of amides is 2. The van der Waals surface area contributed by atoms with Crippen molar-refractivity contribution >= 4 is 27.5 Å². The molecule has 178 valence electrons. The van der Waals surface area contributed by atoms with Gasteiger partial charge in [-0.3, -0.25) is 13.9 Å². The number of carbonyl (C=O) groups is 2. The molecule has 3 rings (SSSR count). The Morgan fingerprint density at radius 2 is 1.88 bits per heavy atom. The quantitative estimate of drug-likeness (QED) is 0.705. The van der Waals surface area contributed by atoms with Crippen molar-refractivity contribution in [2.24, 2.45) is 5.41 Å². The predicted molar refractivity (Wildman–Crippen MR) is 120 cm³/mol. The van der Waals surface area contributed by atoms with Gasteiger partial charge in [0.05, 0.1) is 17.0 Å². The molecule has 0 aliphatic carbocycles. The molecule has 1 unspecified atom stereocenters. The summed E-state index contributed by atoms with van der Waals surface area (Å²) >= 11 is 0. The van der Waals surface area contributed by atoms with E-state index in [0.717, 1.165) is 16.4 Å². The third kappa shape index (κ3) is 4.77. The van der Waals surface area contributed by atoms with Crippen LogP contribution in [0.4, 0.5) is 10.1 Å². The van der Waals surface area contributed by atoms with Crippen LogP contribution in [0.15, 0.2) is 41.4 Å². The molecule has 1 aliphatic heterocycles. The van der Waals surface area contributed by atoms with E-state index in [9.17, 15) is 22.4 Å². The third-order valence-electron chi connectivity index (χ3n) is 5.31. The zero-order chi connectivity index (χ0) is 24.6. The van der Waals surface area contributed by atoms with Crippen LogP contribution >= 0.6 is 0 Å². The molecule has 0 radical (unpaired) electrons. The maximum absolute atomic E-state index is 13.3. The van der Waals surface area contributed by atoms with Crippen LogP contribution < -0.4 is 14.4 Å². The molecular formula is C22H27FN4O5S. The summed E-state index contributed by atoms with van der Waals surface area (Å²) in [6.07, 6.45) is 1.29. The SMILES string of the molecule is CNC(=O)C(N(C)C(=O)c1cnc2c(c1)N(S(=O)(=O)c1ccc(F)cc1)CCO2)C(C)(C)C. The zero-order valence-corrected chi connectivity index (χ0v) is 19.9. The summed E-state index contributed by atoms with van der Waals surface area (Å²) in [7, 11) is -1.05. The molecule has 0 bridgehead atoms. The predicted octanol–water partition coefficient (Wildman–Crippen LogP) is 2.04. The topological polar surface area (TPSA) is 109 Å². The van der Waals surface area contributed by atoms with Crippen molar-refractivity contribution in [2.45, 2.75) is 31.7 Å². The van der Waals surface area contributed by atoms with Crippen LogP contribution in [0.3, 0.4) is 0 Å².